The smallest absolute Gasteiger partial charge is 0.258 e. The van der Waals surface area contributed by atoms with Crippen molar-refractivity contribution in [3.05, 3.63) is 89.4 Å². The summed E-state index contributed by atoms with van der Waals surface area (Å²) in [4.78, 5) is 26.8. The lowest BCUT2D eigenvalue weighted by Gasteiger charge is -2.21. The summed E-state index contributed by atoms with van der Waals surface area (Å²) in [5, 5.41) is 2.79. The molecule has 0 aliphatic carbocycles. The van der Waals surface area contributed by atoms with Crippen molar-refractivity contribution in [3.8, 4) is 0 Å². The number of hydrogen-bond acceptors (Lipinski definition) is 3. The second-order valence-corrected chi connectivity index (χ2v) is 6.23. The van der Waals surface area contributed by atoms with E-state index in [1.165, 1.54) is 0 Å². The lowest BCUT2D eigenvalue weighted by Crippen LogP contribution is -2.30. The molecule has 5 nitrogen and oxygen atoms in total. The minimum Gasteiger partial charge on any atom is -0.467 e. The number of nitrogens with one attached hydrogen (secondary N) is 1. The number of amides is 2. The maximum absolute atomic E-state index is 12.9. The number of benzene rings is 2. The summed E-state index contributed by atoms with van der Waals surface area (Å²) < 4.78 is 5.19. The molecule has 5 heteroatoms. The zero-order chi connectivity index (χ0) is 19.2. The van der Waals surface area contributed by atoms with Crippen LogP contribution in [0, 0.1) is 6.92 Å². The predicted molar refractivity (Wildman–Crippen MR) is 105 cm³/mol. The molecule has 0 spiro atoms. The largest absolute Gasteiger partial charge is 0.467 e. The van der Waals surface area contributed by atoms with E-state index in [1.807, 2.05) is 38.1 Å². The molecule has 1 N–H and O–H groups in total. The zero-order valence-electron chi connectivity index (χ0n) is 15.4. The van der Waals surface area contributed by atoms with Crippen molar-refractivity contribution >= 4 is 17.5 Å². The minimum absolute atomic E-state index is 0.0920. The minimum atomic E-state index is -0.212. The van der Waals surface area contributed by atoms with Crippen LogP contribution in [0.15, 0.2) is 71.3 Å². The molecule has 0 saturated carbocycles. The maximum Gasteiger partial charge on any atom is 0.258 e. The van der Waals surface area contributed by atoms with E-state index in [4.69, 9.17) is 4.42 Å². The van der Waals surface area contributed by atoms with Crippen LogP contribution in [-0.2, 0) is 6.54 Å². The molecule has 0 fully saturated rings. The van der Waals surface area contributed by atoms with Gasteiger partial charge in [-0.25, -0.2) is 0 Å². The first-order valence-corrected chi connectivity index (χ1v) is 8.87. The first-order valence-electron chi connectivity index (χ1n) is 8.87. The third-order valence-electron chi connectivity index (χ3n) is 4.27. The van der Waals surface area contributed by atoms with Crippen LogP contribution in [-0.4, -0.2) is 18.4 Å². The molecule has 0 atom stereocenters. The highest BCUT2D eigenvalue weighted by Gasteiger charge is 2.17. The molecular weight excluding hydrogens is 340 g/mol. The average Bonchev–Trinajstić information content (AvgIpc) is 3.20. The van der Waals surface area contributed by atoms with Crippen molar-refractivity contribution < 1.29 is 14.0 Å². The van der Waals surface area contributed by atoms with Crippen molar-refractivity contribution in [1.29, 1.82) is 0 Å². The maximum atomic E-state index is 12.9. The summed E-state index contributed by atoms with van der Waals surface area (Å²) in [5.41, 5.74) is 3.00. The quantitative estimate of drug-likeness (QED) is 0.715. The van der Waals surface area contributed by atoms with E-state index in [0.29, 0.717) is 30.0 Å². The SMILES string of the molecule is CCN(C(=O)c1ccc(C(=O)NCc2ccco2)cc1)c1cccc(C)c1. The van der Waals surface area contributed by atoms with Crippen molar-refractivity contribution in [2.75, 3.05) is 11.4 Å². The molecule has 1 aromatic heterocycles. The third-order valence-corrected chi connectivity index (χ3v) is 4.27. The standard InChI is InChI=1S/C22H22N2O3/c1-3-24(19-7-4-6-16(2)14-19)22(26)18-11-9-17(10-12-18)21(25)23-15-20-8-5-13-27-20/h4-14H,3,15H2,1-2H3,(H,23,25). The molecule has 0 bridgehead atoms. The third kappa shape index (κ3) is 4.44. The Morgan fingerprint density at radius 2 is 1.74 bits per heavy atom. The Balaban J connectivity index is 1.70. The lowest BCUT2D eigenvalue weighted by atomic mass is 10.1. The molecule has 2 amide bonds. The molecule has 2 aromatic carbocycles. The summed E-state index contributed by atoms with van der Waals surface area (Å²) in [6.07, 6.45) is 1.57. The van der Waals surface area contributed by atoms with Gasteiger partial charge in [0.15, 0.2) is 0 Å². The lowest BCUT2D eigenvalue weighted by molar-refractivity contribution is 0.0945. The first kappa shape index (κ1) is 18.5. The van der Waals surface area contributed by atoms with Gasteiger partial charge in [0.1, 0.15) is 5.76 Å². The van der Waals surface area contributed by atoms with Gasteiger partial charge in [0.05, 0.1) is 12.8 Å². The molecule has 0 aliphatic heterocycles. The molecule has 3 rings (SSSR count). The van der Waals surface area contributed by atoms with Gasteiger partial charge in [-0.2, -0.15) is 0 Å². The zero-order valence-corrected chi connectivity index (χ0v) is 15.4. The van der Waals surface area contributed by atoms with E-state index in [9.17, 15) is 9.59 Å². The average molecular weight is 362 g/mol. The molecule has 0 radical (unpaired) electrons. The van der Waals surface area contributed by atoms with E-state index in [1.54, 1.807) is 47.6 Å². The molecule has 0 saturated heterocycles. The van der Waals surface area contributed by atoms with Gasteiger partial charge < -0.3 is 14.6 Å². The van der Waals surface area contributed by atoms with Crippen LogP contribution in [0.3, 0.4) is 0 Å². The summed E-state index contributed by atoms with van der Waals surface area (Å²) in [5.74, 6) is 0.383. The Morgan fingerprint density at radius 1 is 1.00 bits per heavy atom. The molecule has 1 heterocycles. The monoisotopic (exact) mass is 362 g/mol. The molecular formula is C22H22N2O3. The van der Waals surface area contributed by atoms with Gasteiger partial charge in [0, 0.05) is 23.4 Å². The molecule has 138 valence electrons. The number of carbonyl (C=O) groups excluding carboxylic acids is 2. The highest BCUT2D eigenvalue weighted by Crippen LogP contribution is 2.19. The Morgan fingerprint density at radius 3 is 2.37 bits per heavy atom. The molecule has 0 unspecified atom stereocenters. The van der Waals surface area contributed by atoms with Gasteiger partial charge in [-0.1, -0.05) is 12.1 Å². The van der Waals surface area contributed by atoms with Crippen LogP contribution in [0.25, 0.3) is 0 Å². The summed E-state index contributed by atoms with van der Waals surface area (Å²) in [7, 11) is 0. The number of carbonyl (C=O) groups is 2. The van der Waals surface area contributed by atoms with Gasteiger partial charge in [-0.15, -0.1) is 0 Å². The fourth-order valence-corrected chi connectivity index (χ4v) is 2.84. The van der Waals surface area contributed by atoms with E-state index in [2.05, 4.69) is 5.32 Å². The van der Waals surface area contributed by atoms with Gasteiger partial charge >= 0.3 is 0 Å². The summed E-state index contributed by atoms with van der Waals surface area (Å²) >= 11 is 0. The predicted octanol–water partition coefficient (Wildman–Crippen LogP) is 4.18. The van der Waals surface area contributed by atoms with Crippen molar-refractivity contribution in [3.63, 3.8) is 0 Å². The van der Waals surface area contributed by atoms with E-state index in [-0.39, 0.29) is 11.8 Å². The van der Waals surface area contributed by atoms with Crippen LogP contribution >= 0.6 is 0 Å². The van der Waals surface area contributed by atoms with Gasteiger partial charge in [0.2, 0.25) is 0 Å². The van der Waals surface area contributed by atoms with Crippen LogP contribution in [0.1, 0.15) is 39.0 Å². The van der Waals surface area contributed by atoms with E-state index >= 15 is 0 Å². The van der Waals surface area contributed by atoms with Crippen molar-refractivity contribution in [2.24, 2.45) is 0 Å². The summed E-state index contributed by atoms with van der Waals surface area (Å²) in [6.45, 7) is 4.83. The Hall–Kier alpha value is -3.34. The molecule has 3 aromatic rings. The van der Waals surface area contributed by atoms with Crippen molar-refractivity contribution in [2.45, 2.75) is 20.4 Å². The Labute approximate surface area is 158 Å². The number of rotatable bonds is 6. The number of hydrogen-bond donors (Lipinski definition) is 1. The molecule has 0 aliphatic rings. The van der Waals surface area contributed by atoms with Crippen LogP contribution < -0.4 is 10.2 Å². The van der Waals surface area contributed by atoms with Crippen LogP contribution in [0.5, 0.6) is 0 Å². The van der Waals surface area contributed by atoms with Gasteiger partial charge in [-0.05, 0) is 67.9 Å². The highest BCUT2D eigenvalue weighted by atomic mass is 16.3. The Kier molecular flexibility index (Phi) is 5.71. The number of aryl methyl sites for hydroxylation is 1. The fourth-order valence-electron chi connectivity index (χ4n) is 2.84. The number of furan rings is 1. The number of anilines is 1. The first-order chi connectivity index (χ1) is 13.1. The normalized spacial score (nSPS) is 10.4. The number of nitrogens with zero attached hydrogens (tertiary/aromatic N) is 1. The van der Waals surface area contributed by atoms with E-state index < -0.39 is 0 Å². The van der Waals surface area contributed by atoms with Crippen LogP contribution in [0.2, 0.25) is 0 Å². The van der Waals surface area contributed by atoms with Crippen LogP contribution in [0.4, 0.5) is 5.69 Å². The second kappa shape index (κ2) is 8.36. The molecule has 27 heavy (non-hydrogen) atoms. The Bertz CT molecular complexity index is 915. The second-order valence-electron chi connectivity index (χ2n) is 6.23. The fraction of sp³-hybridized carbons (Fsp3) is 0.182. The highest BCUT2D eigenvalue weighted by molar-refractivity contribution is 6.06. The van der Waals surface area contributed by atoms with Gasteiger partial charge in [0.25, 0.3) is 11.8 Å². The topological polar surface area (TPSA) is 62.6 Å². The van der Waals surface area contributed by atoms with Crippen molar-refractivity contribution in [1.82, 2.24) is 5.32 Å². The van der Waals surface area contributed by atoms with Gasteiger partial charge in [-0.3, -0.25) is 9.59 Å². The summed E-state index contributed by atoms with van der Waals surface area (Å²) in [6, 6.07) is 18.1. The van der Waals surface area contributed by atoms with E-state index in [0.717, 1.165) is 11.3 Å².